The van der Waals surface area contributed by atoms with E-state index in [1.54, 1.807) is 0 Å². The van der Waals surface area contributed by atoms with Crippen molar-refractivity contribution in [1.82, 2.24) is 10.6 Å². The third kappa shape index (κ3) is 5.89. The summed E-state index contributed by atoms with van der Waals surface area (Å²) in [6.45, 7) is 4.68. The quantitative estimate of drug-likeness (QED) is 0.680. The summed E-state index contributed by atoms with van der Waals surface area (Å²) in [6.07, 6.45) is 4.05. The van der Waals surface area contributed by atoms with Gasteiger partial charge in [0.05, 0.1) is 0 Å². The largest absolute Gasteiger partial charge is 0.481 e. The zero-order valence-electron chi connectivity index (χ0n) is 11.2. The second kappa shape index (κ2) is 7.24. The number of carbonyl (C=O) groups excluding carboxylic acids is 1. The maximum Gasteiger partial charge on any atom is 0.315 e. The van der Waals surface area contributed by atoms with Gasteiger partial charge in [0.15, 0.2) is 0 Å². The molecule has 1 aliphatic carbocycles. The van der Waals surface area contributed by atoms with Crippen LogP contribution in [-0.4, -0.2) is 29.7 Å². The standard InChI is InChI=1S/C13H24N2O3/c1-9-3-5-11(7-9)15-13(18)14-8-10(2)4-6-12(16)17/h9-11H,3-8H2,1-2H3,(H,16,17)(H2,14,15,18). The second-order valence-corrected chi connectivity index (χ2v) is 5.51. The Labute approximate surface area is 108 Å². The molecule has 1 saturated carbocycles. The fourth-order valence-electron chi connectivity index (χ4n) is 2.31. The molecule has 0 aromatic carbocycles. The molecule has 5 nitrogen and oxygen atoms in total. The molecule has 0 spiro atoms. The summed E-state index contributed by atoms with van der Waals surface area (Å²) in [5.41, 5.74) is 0. The Kier molecular flexibility index (Phi) is 5.95. The number of hydrogen-bond acceptors (Lipinski definition) is 2. The highest BCUT2D eigenvalue weighted by Gasteiger charge is 2.22. The summed E-state index contributed by atoms with van der Waals surface area (Å²) >= 11 is 0. The van der Waals surface area contributed by atoms with Gasteiger partial charge < -0.3 is 15.7 Å². The first-order chi connectivity index (χ1) is 8.47. The van der Waals surface area contributed by atoms with Crippen LogP contribution in [0.5, 0.6) is 0 Å². The van der Waals surface area contributed by atoms with E-state index >= 15 is 0 Å². The van der Waals surface area contributed by atoms with E-state index in [2.05, 4.69) is 17.6 Å². The van der Waals surface area contributed by atoms with Crippen LogP contribution in [0.3, 0.4) is 0 Å². The van der Waals surface area contributed by atoms with E-state index in [0.29, 0.717) is 24.9 Å². The molecule has 5 heteroatoms. The van der Waals surface area contributed by atoms with Crippen LogP contribution in [0.1, 0.15) is 46.0 Å². The fraction of sp³-hybridized carbons (Fsp3) is 0.846. The summed E-state index contributed by atoms with van der Waals surface area (Å²) in [4.78, 5) is 22.0. The summed E-state index contributed by atoms with van der Waals surface area (Å²) in [6, 6.07) is 0.172. The van der Waals surface area contributed by atoms with Crippen molar-refractivity contribution in [3.05, 3.63) is 0 Å². The van der Waals surface area contributed by atoms with Gasteiger partial charge >= 0.3 is 12.0 Å². The van der Waals surface area contributed by atoms with Crippen molar-refractivity contribution in [1.29, 1.82) is 0 Å². The number of urea groups is 1. The van der Waals surface area contributed by atoms with Crippen LogP contribution >= 0.6 is 0 Å². The van der Waals surface area contributed by atoms with E-state index in [-0.39, 0.29) is 18.4 Å². The third-order valence-electron chi connectivity index (χ3n) is 3.49. The molecular formula is C13H24N2O3. The molecule has 0 bridgehead atoms. The molecule has 0 aromatic heterocycles. The van der Waals surface area contributed by atoms with Crippen molar-refractivity contribution in [2.24, 2.45) is 11.8 Å². The molecule has 2 amide bonds. The molecule has 104 valence electrons. The van der Waals surface area contributed by atoms with Gasteiger partial charge in [0, 0.05) is 19.0 Å². The predicted molar refractivity (Wildman–Crippen MR) is 69.4 cm³/mol. The monoisotopic (exact) mass is 256 g/mol. The van der Waals surface area contributed by atoms with E-state index in [0.717, 1.165) is 12.8 Å². The Hall–Kier alpha value is -1.26. The van der Waals surface area contributed by atoms with Crippen molar-refractivity contribution in [2.75, 3.05) is 6.54 Å². The fourth-order valence-corrected chi connectivity index (χ4v) is 2.31. The zero-order chi connectivity index (χ0) is 13.5. The number of carboxylic acids is 1. The van der Waals surface area contributed by atoms with Crippen LogP contribution in [0, 0.1) is 11.8 Å². The Bertz CT molecular complexity index is 294. The topological polar surface area (TPSA) is 78.4 Å². The molecule has 1 rings (SSSR count). The molecule has 3 atom stereocenters. The van der Waals surface area contributed by atoms with Crippen molar-refractivity contribution < 1.29 is 14.7 Å². The number of nitrogens with one attached hydrogen (secondary N) is 2. The molecule has 18 heavy (non-hydrogen) atoms. The highest BCUT2D eigenvalue weighted by atomic mass is 16.4. The van der Waals surface area contributed by atoms with Crippen molar-refractivity contribution in [3.63, 3.8) is 0 Å². The van der Waals surface area contributed by atoms with Gasteiger partial charge in [-0.15, -0.1) is 0 Å². The Balaban J connectivity index is 2.11. The van der Waals surface area contributed by atoms with Crippen LogP contribution in [0.25, 0.3) is 0 Å². The smallest absolute Gasteiger partial charge is 0.315 e. The lowest BCUT2D eigenvalue weighted by Gasteiger charge is -2.15. The normalized spacial score (nSPS) is 24.6. The van der Waals surface area contributed by atoms with E-state index in [1.807, 2.05) is 6.92 Å². The minimum Gasteiger partial charge on any atom is -0.481 e. The van der Waals surface area contributed by atoms with Gasteiger partial charge in [0.2, 0.25) is 0 Å². The number of carboxylic acid groups (broad SMARTS) is 1. The number of hydrogen-bond donors (Lipinski definition) is 3. The van der Waals surface area contributed by atoms with E-state index in [9.17, 15) is 9.59 Å². The minimum atomic E-state index is -0.786. The molecule has 1 fully saturated rings. The molecule has 0 saturated heterocycles. The maximum absolute atomic E-state index is 11.6. The first-order valence-electron chi connectivity index (χ1n) is 6.73. The number of carbonyl (C=O) groups is 2. The van der Waals surface area contributed by atoms with Gasteiger partial charge in [-0.3, -0.25) is 4.79 Å². The summed E-state index contributed by atoms with van der Waals surface area (Å²) in [7, 11) is 0. The molecule has 1 aliphatic rings. The number of rotatable bonds is 6. The van der Waals surface area contributed by atoms with Crippen LogP contribution < -0.4 is 10.6 Å². The van der Waals surface area contributed by atoms with E-state index in [4.69, 9.17) is 5.11 Å². The maximum atomic E-state index is 11.6. The summed E-state index contributed by atoms with van der Waals surface area (Å²) in [5, 5.41) is 14.3. The van der Waals surface area contributed by atoms with Gasteiger partial charge in [0.1, 0.15) is 0 Å². The van der Waals surface area contributed by atoms with E-state index < -0.39 is 5.97 Å². The zero-order valence-corrected chi connectivity index (χ0v) is 11.2. The molecule has 3 N–H and O–H groups in total. The molecule has 0 heterocycles. The van der Waals surface area contributed by atoms with Crippen LogP contribution in [0.2, 0.25) is 0 Å². The van der Waals surface area contributed by atoms with Crippen molar-refractivity contribution >= 4 is 12.0 Å². The SMILES string of the molecule is CC(CCC(=O)O)CNC(=O)NC1CCC(C)C1. The van der Waals surface area contributed by atoms with Crippen LogP contribution in [0.4, 0.5) is 4.79 Å². The first-order valence-corrected chi connectivity index (χ1v) is 6.73. The molecule has 0 radical (unpaired) electrons. The second-order valence-electron chi connectivity index (χ2n) is 5.51. The Morgan fingerprint density at radius 1 is 1.39 bits per heavy atom. The van der Waals surface area contributed by atoms with Crippen molar-refractivity contribution in [2.45, 2.75) is 52.0 Å². The number of amides is 2. The average molecular weight is 256 g/mol. The van der Waals surface area contributed by atoms with Gasteiger partial charge in [-0.1, -0.05) is 13.8 Å². The van der Waals surface area contributed by atoms with Gasteiger partial charge in [-0.05, 0) is 37.5 Å². The predicted octanol–water partition coefficient (Wildman–Crippen LogP) is 1.98. The van der Waals surface area contributed by atoms with Gasteiger partial charge in [0.25, 0.3) is 0 Å². The van der Waals surface area contributed by atoms with Gasteiger partial charge in [-0.25, -0.2) is 4.79 Å². The highest BCUT2D eigenvalue weighted by Crippen LogP contribution is 2.24. The summed E-state index contributed by atoms with van der Waals surface area (Å²) < 4.78 is 0. The minimum absolute atomic E-state index is 0.128. The average Bonchev–Trinajstić information content (AvgIpc) is 2.69. The lowest BCUT2D eigenvalue weighted by molar-refractivity contribution is -0.137. The third-order valence-corrected chi connectivity index (χ3v) is 3.49. The number of aliphatic carboxylic acids is 1. The Morgan fingerprint density at radius 3 is 2.67 bits per heavy atom. The lowest BCUT2D eigenvalue weighted by Crippen LogP contribution is -2.42. The lowest BCUT2D eigenvalue weighted by atomic mass is 10.1. The highest BCUT2D eigenvalue weighted by molar-refractivity contribution is 5.74. The molecule has 3 unspecified atom stereocenters. The summed E-state index contributed by atoms with van der Waals surface area (Å²) in [5.74, 6) is 0.102. The first kappa shape index (κ1) is 14.8. The van der Waals surface area contributed by atoms with Crippen LogP contribution in [-0.2, 0) is 4.79 Å². The Morgan fingerprint density at radius 2 is 2.11 bits per heavy atom. The van der Waals surface area contributed by atoms with Crippen LogP contribution in [0.15, 0.2) is 0 Å². The van der Waals surface area contributed by atoms with Gasteiger partial charge in [-0.2, -0.15) is 0 Å². The molecule has 0 aliphatic heterocycles. The molecule has 0 aromatic rings. The van der Waals surface area contributed by atoms with Crippen molar-refractivity contribution in [3.8, 4) is 0 Å². The molecular weight excluding hydrogens is 232 g/mol. The van der Waals surface area contributed by atoms with E-state index in [1.165, 1.54) is 6.42 Å².